The van der Waals surface area contributed by atoms with Crippen LogP contribution in [-0.4, -0.2) is 24.2 Å². The second-order valence-electron chi connectivity index (χ2n) is 8.53. The van der Waals surface area contributed by atoms with Gasteiger partial charge in [-0.15, -0.1) is 0 Å². The van der Waals surface area contributed by atoms with Crippen molar-refractivity contribution >= 4 is 0 Å². The molecule has 4 aliphatic rings. The SMILES string of the molecule is NC1CC1.NC1CCCC1.NC1CCCCC1.NC1CCCCCC1. The normalized spacial score (nSPS) is 25.4. The highest BCUT2D eigenvalue weighted by Crippen LogP contribution is 2.16. The zero-order valence-electron chi connectivity index (χ0n) is 16.6. The molecular weight excluding hydrogens is 308 g/mol. The largest absolute Gasteiger partial charge is 0.328 e. The average Bonchev–Trinajstić information content (AvgIpc) is 3.31. The maximum atomic E-state index is 5.73. The van der Waals surface area contributed by atoms with Crippen LogP contribution in [-0.2, 0) is 0 Å². The Morgan fingerprint density at radius 3 is 0.680 bits per heavy atom. The molecule has 4 nitrogen and oxygen atoms in total. The fourth-order valence-corrected chi connectivity index (χ4v) is 3.50. The fourth-order valence-electron chi connectivity index (χ4n) is 3.50. The number of hydrogen-bond donors (Lipinski definition) is 4. The summed E-state index contributed by atoms with van der Waals surface area (Å²) in [6.45, 7) is 0. The van der Waals surface area contributed by atoms with Crippen molar-refractivity contribution < 1.29 is 0 Å². The van der Waals surface area contributed by atoms with Crippen LogP contribution in [0, 0.1) is 0 Å². The summed E-state index contributed by atoms with van der Waals surface area (Å²) in [4.78, 5) is 0. The molecule has 25 heavy (non-hydrogen) atoms. The van der Waals surface area contributed by atoms with Crippen molar-refractivity contribution in [3.63, 3.8) is 0 Å². The van der Waals surface area contributed by atoms with Gasteiger partial charge in [-0.2, -0.15) is 0 Å². The summed E-state index contributed by atoms with van der Waals surface area (Å²) in [6.07, 6.45) is 22.5. The van der Waals surface area contributed by atoms with Crippen LogP contribution in [0.15, 0.2) is 0 Å². The van der Waals surface area contributed by atoms with E-state index in [-0.39, 0.29) is 0 Å². The maximum Gasteiger partial charge on any atom is 0.00399 e. The monoisotopic (exact) mass is 354 g/mol. The predicted octanol–water partition coefficient (Wildman–Crippen LogP) is 3.94. The van der Waals surface area contributed by atoms with Gasteiger partial charge in [0.2, 0.25) is 0 Å². The molecule has 0 heterocycles. The molecule has 150 valence electrons. The molecule has 0 radical (unpaired) electrons. The third-order valence-corrected chi connectivity index (χ3v) is 5.57. The minimum absolute atomic E-state index is 0.525. The van der Waals surface area contributed by atoms with Gasteiger partial charge >= 0.3 is 0 Å². The minimum Gasteiger partial charge on any atom is -0.328 e. The molecule has 4 rings (SSSR count). The summed E-state index contributed by atoms with van der Waals surface area (Å²) in [5.41, 5.74) is 22.1. The van der Waals surface area contributed by atoms with Gasteiger partial charge in [0.1, 0.15) is 0 Å². The Bertz CT molecular complexity index is 274. The van der Waals surface area contributed by atoms with E-state index in [9.17, 15) is 0 Å². The molecule has 8 N–H and O–H groups in total. The van der Waals surface area contributed by atoms with Gasteiger partial charge < -0.3 is 22.9 Å². The standard InChI is InChI=1S/C7H15N.C6H13N.C5H11N.C3H7N/c8-7-5-3-1-2-4-6-7;7-6-4-2-1-3-5-6;6-5-3-1-2-4-5;4-3-1-2-3/h7H,1-6,8H2;6H,1-5,7H2;5H,1-4,6H2;3H,1-2,4H2. The number of hydrogen-bond acceptors (Lipinski definition) is 4. The van der Waals surface area contributed by atoms with Crippen LogP contribution in [0.1, 0.15) is 109 Å². The van der Waals surface area contributed by atoms with Gasteiger partial charge in [-0.25, -0.2) is 0 Å². The summed E-state index contributed by atoms with van der Waals surface area (Å²) < 4.78 is 0. The Hall–Kier alpha value is -0.160. The smallest absolute Gasteiger partial charge is 0.00399 e. The van der Waals surface area contributed by atoms with E-state index in [4.69, 9.17) is 22.9 Å². The van der Waals surface area contributed by atoms with Crippen molar-refractivity contribution in [1.29, 1.82) is 0 Å². The van der Waals surface area contributed by atoms with E-state index in [1.54, 1.807) is 0 Å². The summed E-state index contributed by atoms with van der Waals surface area (Å²) in [5, 5.41) is 0. The molecule has 0 unspecified atom stereocenters. The molecule has 0 aromatic heterocycles. The first-order valence-electron chi connectivity index (χ1n) is 11.1. The van der Waals surface area contributed by atoms with Crippen LogP contribution in [0.2, 0.25) is 0 Å². The van der Waals surface area contributed by atoms with Crippen LogP contribution < -0.4 is 22.9 Å². The molecule has 4 heteroatoms. The van der Waals surface area contributed by atoms with Gasteiger partial charge in [0.15, 0.2) is 0 Å². The van der Waals surface area contributed by atoms with Gasteiger partial charge in [0.05, 0.1) is 0 Å². The highest BCUT2D eigenvalue weighted by atomic mass is 14.7. The molecule has 0 saturated heterocycles. The summed E-state index contributed by atoms with van der Waals surface area (Å²) in [6, 6.07) is 2.19. The Morgan fingerprint density at radius 1 is 0.280 bits per heavy atom. The van der Waals surface area contributed by atoms with Gasteiger partial charge in [-0.3, -0.25) is 0 Å². The summed E-state index contributed by atoms with van der Waals surface area (Å²) >= 11 is 0. The van der Waals surface area contributed by atoms with Crippen molar-refractivity contribution in [3.05, 3.63) is 0 Å². The third-order valence-electron chi connectivity index (χ3n) is 5.57. The average molecular weight is 355 g/mol. The first-order chi connectivity index (χ1) is 12.1. The van der Waals surface area contributed by atoms with E-state index in [1.807, 2.05) is 0 Å². The highest BCUT2D eigenvalue weighted by Gasteiger charge is 2.13. The van der Waals surface area contributed by atoms with Crippen LogP contribution in [0.3, 0.4) is 0 Å². The van der Waals surface area contributed by atoms with E-state index in [0.29, 0.717) is 24.2 Å². The second kappa shape index (κ2) is 15.0. The lowest BCUT2D eigenvalue weighted by Gasteiger charge is -2.15. The Balaban J connectivity index is 0.000000171. The summed E-state index contributed by atoms with van der Waals surface area (Å²) in [5.74, 6) is 0. The molecule has 0 aromatic carbocycles. The molecule has 0 atom stereocenters. The first-order valence-corrected chi connectivity index (χ1v) is 11.1. The van der Waals surface area contributed by atoms with Crippen molar-refractivity contribution in [2.75, 3.05) is 0 Å². The van der Waals surface area contributed by atoms with Crippen LogP contribution in [0.25, 0.3) is 0 Å². The van der Waals surface area contributed by atoms with Crippen LogP contribution in [0.5, 0.6) is 0 Å². The van der Waals surface area contributed by atoms with Crippen molar-refractivity contribution in [2.45, 2.75) is 133 Å². The van der Waals surface area contributed by atoms with Crippen LogP contribution >= 0.6 is 0 Å². The molecular formula is C21H46N4. The maximum absolute atomic E-state index is 5.73. The second-order valence-corrected chi connectivity index (χ2v) is 8.53. The molecule has 4 aliphatic carbocycles. The quantitative estimate of drug-likeness (QED) is 0.494. The molecule has 4 saturated carbocycles. The Kier molecular flexibility index (Phi) is 13.7. The molecule has 0 spiro atoms. The van der Waals surface area contributed by atoms with E-state index in [2.05, 4.69) is 0 Å². The van der Waals surface area contributed by atoms with Crippen molar-refractivity contribution in [1.82, 2.24) is 0 Å². The number of rotatable bonds is 0. The molecule has 4 fully saturated rings. The van der Waals surface area contributed by atoms with Crippen molar-refractivity contribution in [2.24, 2.45) is 22.9 Å². The van der Waals surface area contributed by atoms with Crippen molar-refractivity contribution in [3.8, 4) is 0 Å². The zero-order valence-corrected chi connectivity index (χ0v) is 16.6. The molecule has 0 amide bonds. The lowest BCUT2D eigenvalue weighted by atomic mass is 9.97. The first kappa shape index (κ1) is 22.9. The van der Waals surface area contributed by atoms with Gasteiger partial charge in [0, 0.05) is 24.2 Å². The zero-order chi connectivity index (χ0) is 18.3. The molecule has 0 bridgehead atoms. The lowest BCUT2D eigenvalue weighted by molar-refractivity contribution is 0.441. The van der Waals surface area contributed by atoms with Gasteiger partial charge in [-0.05, 0) is 51.4 Å². The predicted molar refractivity (Wildman–Crippen MR) is 110 cm³/mol. The minimum atomic E-state index is 0.525. The van der Waals surface area contributed by atoms with Gasteiger partial charge in [-0.1, -0.05) is 57.8 Å². The lowest BCUT2D eigenvalue weighted by Crippen LogP contribution is -2.22. The third kappa shape index (κ3) is 15.8. The molecule has 0 aliphatic heterocycles. The van der Waals surface area contributed by atoms with E-state index in [0.717, 1.165) is 0 Å². The Labute approximate surface area is 156 Å². The molecule has 0 aromatic rings. The van der Waals surface area contributed by atoms with E-state index < -0.39 is 0 Å². The topological polar surface area (TPSA) is 104 Å². The van der Waals surface area contributed by atoms with E-state index >= 15 is 0 Å². The van der Waals surface area contributed by atoms with Crippen LogP contribution in [0.4, 0.5) is 0 Å². The highest BCUT2D eigenvalue weighted by molar-refractivity contribution is 4.75. The summed E-state index contributed by atoms with van der Waals surface area (Å²) in [7, 11) is 0. The Morgan fingerprint density at radius 2 is 0.440 bits per heavy atom. The number of nitrogens with two attached hydrogens (primary N) is 4. The van der Waals surface area contributed by atoms with E-state index in [1.165, 1.54) is 109 Å². The fraction of sp³-hybridized carbons (Fsp3) is 1.00. The van der Waals surface area contributed by atoms with Gasteiger partial charge in [0.25, 0.3) is 0 Å².